The highest BCUT2D eigenvalue weighted by Crippen LogP contribution is 2.24. The van der Waals surface area contributed by atoms with E-state index in [1.807, 2.05) is 52.1 Å². The van der Waals surface area contributed by atoms with Gasteiger partial charge in [-0.1, -0.05) is 12.1 Å². The number of rotatable bonds is 3. The molecule has 2 N–H and O–H groups in total. The molecule has 1 aromatic heterocycles. The molecule has 1 amide bonds. The van der Waals surface area contributed by atoms with E-state index in [9.17, 15) is 4.79 Å². The lowest BCUT2D eigenvalue weighted by atomic mass is 10.1. The lowest BCUT2D eigenvalue weighted by Crippen LogP contribution is -2.47. The summed E-state index contributed by atoms with van der Waals surface area (Å²) in [5.41, 5.74) is 1.20. The van der Waals surface area contributed by atoms with Crippen LogP contribution in [0.15, 0.2) is 24.3 Å². The van der Waals surface area contributed by atoms with E-state index in [2.05, 4.69) is 15.6 Å². The zero-order valence-electron chi connectivity index (χ0n) is 15.9. The number of piperidine rings is 1. The maximum Gasteiger partial charge on any atom is 0.410 e. The lowest BCUT2D eigenvalue weighted by molar-refractivity contribution is 0.0206. The summed E-state index contributed by atoms with van der Waals surface area (Å²) < 4.78 is 5.50. The molecule has 1 fully saturated rings. The van der Waals surface area contributed by atoms with Crippen molar-refractivity contribution in [1.29, 1.82) is 0 Å². The molecule has 140 valence electrons. The van der Waals surface area contributed by atoms with Crippen LogP contribution < -0.4 is 10.6 Å². The van der Waals surface area contributed by atoms with Crippen LogP contribution in [0.4, 0.5) is 16.4 Å². The summed E-state index contributed by atoms with van der Waals surface area (Å²) in [6.07, 6.45) is 1.63. The fourth-order valence-electron chi connectivity index (χ4n) is 3.06. The fourth-order valence-corrected chi connectivity index (χ4v) is 3.06. The molecule has 0 radical (unpaired) electrons. The zero-order chi connectivity index (χ0) is 18.7. The van der Waals surface area contributed by atoms with Gasteiger partial charge in [-0.15, -0.1) is 0 Å². The molecule has 2 aromatic rings. The van der Waals surface area contributed by atoms with Crippen LogP contribution in [0.3, 0.4) is 0 Å². The smallest absolute Gasteiger partial charge is 0.410 e. The third-order valence-electron chi connectivity index (χ3n) is 4.22. The minimum Gasteiger partial charge on any atom is -0.444 e. The molecule has 1 aliphatic rings. The van der Waals surface area contributed by atoms with Crippen LogP contribution >= 0.6 is 0 Å². The van der Waals surface area contributed by atoms with Gasteiger partial charge in [-0.25, -0.2) is 14.8 Å². The Balaban J connectivity index is 1.74. The van der Waals surface area contributed by atoms with Crippen molar-refractivity contribution in [3.05, 3.63) is 24.3 Å². The van der Waals surface area contributed by atoms with Crippen molar-refractivity contribution in [2.75, 3.05) is 30.8 Å². The number of carbonyl (C=O) groups is 1. The quantitative estimate of drug-likeness (QED) is 0.875. The third kappa shape index (κ3) is 4.33. The largest absolute Gasteiger partial charge is 0.444 e. The van der Waals surface area contributed by atoms with Crippen molar-refractivity contribution < 1.29 is 9.53 Å². The van der Waals surface area contributed by atoms with Gasteiger partial charge >= 0.3 is 6.09 Å². The SMILES string of the molecule is CNc1nc2ccccc2nc1N[C@@H]1CCCN(C(=O)OC(C)(C)C)C1. The van der Waals surface area contributed by atoms with Crippen LogP contribution in [0.5, 0.6) is 0 Å². The number of nitrogens with zero attached hydrogens (tertiary/aromatic N) is 3. The van der Waals surface area contributed by atoms with Gasteiger partial charge in [0.2, 0.25) is 0 Å². The molecule has 0 unspecified atom stereocenters. The third-order valence-corrected chi connectivity index (χ3v) is 4.22. The van der Waals surface area contributed by atoms with Crippen LogP contribution in [0.2, 0.25) is 0 Å². The molecular weight excluding hydrogens is 330 g/mol. The summed E-state index contributed by atoms with van der Waals surface area (Å²) in [7, 11) is 1.83. The van der Waals surface area contributed by atoms with Crippen molar-refractivity contribution in [3.8, 4) is 0 Å². The normalized spacial score (nSPS) is 17.8. The van der Waals surface area contributed by atoms with Crippen molar-refractivity contribution in [2.45, 2.75) is 45.3 Å². The first-order valence-electron chi connectivity index (χ1n) is 9.05. The average Bonchev–Trinajstić information content (AvgIpc) is 2.60. The maximum absolute atomic E-state index is 12.3. The predicted molar refractivity (Wildman–Crippen MR) is 104 cm³/mol. The van der Waals surface area contributed by atoms with Crippen LogP contribution in [0.25, 0.3) is 11.0 Å². The molecule has 0 aliphatic carbocycles. The van der Waals surface area contributed by atoms with Gasteiger partial charge < -0.3 is 20.3 Å². The highest BCUT2D eigenvalue weighted by atomic mass is 16.6. The van der Waals surface area contributed by atoms with Gasteiger partial charge in [-0.3, -0.25) is 0 Å². The minimum absolute atomic E-state index is 0.110. The van der Waals surface area contributed by atoms with Crippen LogP contribution in [0.1, 0.15) is 33.6 Å². The summed E-state index contributed by atoms with van der Waals surface area (Å²) >= 11 is 0. The van der Waals surface area contributed by atoms with E-state index >= 15 is 0 Å². The van der Waals surface area contributed by atoms with Crippen molar-refractivity contribution >= 4 is 28.8 Å². The van der Waals surface area contributed by atoms with E-state index in [-0.39, 0.29) is 12.1 Å². The highest BCUT2D eigenvalue weighted by molar-refractivity contribution is 5.80. The second-order valence-electron chi connectivity index (χ2n) is 7.57. The van der Waals surface area contributed by atoms with Gasteiger partial charge in [0.05, 0.1) is 11.0 Å². The first-order valence-corrected chi connectivity index (χ1v) is 9.05. The number of aromatic nitrogens is 2. The number of amides is 1. The summed E-state index contributed by atoms with van der Waals surface area (Å²) in [4.78, 5) is 23.4. The van der Waals surface area contributed by atoms with E-state index in [0.717, 1.165) is 30.4 Å². The predicted octanol–water partition coefficient (Wildman–Crippen LogP) is 3.48. The molecule has 26 heavy (non-hydrogen) atoms. The summed E-state index contributed by atoms with van der Waals surface area (Å²) in [6.45, 7) is 6.96. The first-order chi connectivity index (χ1) is 12.4. The Morgan fingerprint density at radius 2 is 1.85 bits per heavy atom. The van der Waals surface area contributed by atoms with E-state index < -0.39 is 5.60 Å². The Labute approximate surface area is 154 Å². The van der Waals surface area contributed by atoms with E-state index in [1.54, 1.807) is 4.90 Å². The van der Waals surface area contributed by atoms with E-state index in [0.29, 0.717) is 18.2 Å². The van der Waals surface area contributed by atoms with Crippen LogP contribution in [-0.4, -0.2) is 52.7 Å². The number of likely N-dealkylation sites (tertiary alicyclic amines) is 1. The molecule has 1 saturated heterocycles. The summed E-state index contributed by atoms with van der Waals surface area (Å²) in [5.74, 6) is 1.42. The van der Waals surface area contributed by atoms with Crippen LogP contribution in [-0.2, 0) is 4.74 Å². The van der Waals surface area contributed by atoms with E-state index in [4.69, 9.17) is 9.72 Å². The fraction of sp³-hybridized carbons (Fsp3) is 0.526. The summed E-state index contributed by atoms with van der Waals surface area (Å²) in [6, 6.07) is 7.89. The van der Waals surface area contributed by atoms with E-state index in [1.165, 1.54) is 0 Å². The van der Waals surface area contributed by atoms with Crippen LogP contribution in [0, 0.1) is 0 Å². The number of hydrogen-bond donors (Lipinski definition) is 2. The molecule has 2 heterocycles. The number of carbonyl (C=O) groups excluding carboxylic acids is 1. The second-order valence-corrected chi connectivity index (χ2v) is 7.57. The Kier molecular flexibility index (Phi) is 5.15. The zero-order valence-corrected chi connectivity index (χ0v) is 15.9. The molecule has 0 bridgehead atoms. The Morgan fingerprint density at radius 1 is 1.19 bits per heavy atom. The Hall–Kier alpha value is -2.57. The molecule has 1 aromatic carbocycles. The molecule has 0 spiro atoms. The van der Waals surface area contributed by atoms with Gasteiger partial charge in [0, 0.05) is 26.2 Å². The summed E-state index contributed by atoms with van der Waals surface area (Å²) in [5, 5.41) is 6.56. The van der Waals surface area contributed by atoms with Gasteiger partial charge in [0.25, 0.3) is 0 Å². The van der Waals surface area contributed by atoms with Gasteiger partial charge in [0.15, 0.2) is 11.6 Å². The molecule has 7 nitrogen and oxygen atoms in total. The Morgan fingerprint density at radius 3 is 2.46 bits per heavy atom. The molecular formula is C19H27N5O2. The monoisotopic (exact) mass is 357 g/mol. The standard InChI is InChI=1S/C19H27N5O2/c1-19(2,3)26-18(25)24-11-7-8-13(12-24)21-17-16(20-4)22-14-9-5-6-10-15(14)23-17/h5-6,9-10,13H,7-8,11-12H2,1-4H3,(H,20,22)(H,21,23)/t13-/m1/s1. The second kappa shape index (κ2) is 7.35. The molecule has 0 saturated carbocycles. The van der Waals surface area contributed by atoms with Gasteiger partial charge in [-0.2, -0.15) is 0 Å². The minimum atomic E-state index is -0.486. The average molecular weight is 357 g/mol. The number of fused-ring (bicyclic) bond motifs is 1. The number of hydrogen-bond acceptors (Lipinski definition) is 6. The first kappa shape index (κ1) is 18.2. The van der Waals surface area contributed by atoms with Crippen molar-refractivity contribution in [2.24, 2.45) is 0 Å². The number of ether oxygens (including phenoxy) is 1. The number of nitrogens with one attached hydrogen (secondary N) is 2. The number of para-hydroxylation sites is 2. The van der Waals surface area contributed by atoms with Gasteiger partial charge in [0.1, 0.15) is 5.60 Å². The highest BCUT2D eigenvalue weighted by Gasteiger charge is 2.28. The topological polar surface area (TPSA) is 79.4 Å². The number of anilines is 2. The molecule has 1 atom stereocenters. The number of benzene rings is 1. The van der Waals surface area contributed by atoms with Crippen molar-refractivity contribution in [1.82, 2.24) is 14.9 Å². The maximum atomic E-state index is 12.3. The lowest BCUT2D eigenvalue weighted by Gasteiger charge is -2.34. The van der Waals surface area contributed by atoms with Crippen molar-refractivity contribution in [3.63, 3.8) is 0 Å². The van der Waals surface area contributed by atoms with Gasteiger partial charge in [-0.05, 0) is 45.7 Å². The molecule has 7 heteroatoms. The molecule has 1 aliphatic heterocycles. The Bertz CT molecular complexity index is 787. The molecule has 3 rings (SSSR count).